The van der Waals surface area contributed by atoms with E-state index < -0.39 is 11.5 Å². The van der Waals surface area contributed by atoms with Crippen molar-refractivity contribution in [3.8, 4) is 0 Å². The molecule has 0 bridgehead atoms. The number of carboxylic acids is 1. The Hall–Kier alpha value is -1.30. The number of carboxylic acid groups (broad SMARTS) is 1. The Morgan fingerprint density at radius 2 is 2.25 bits per heavy atom. The Morgan fingerprint density at radius 3 is 2.58 bits per heavy atom. The van der Waals surface area contributed by atoms with Gasteiger partial charge >= 0.3 is 5.97 Å². The zero-order chi connectivity index (χ0) is 9.35. The van der Waals surface area contributed by atoms with Crippen molar-refractivity contribution in [2.24, 2.45) is 28.1 Å². The van der Waals surface area contributed by atoms with Crippen LogP contribution in [0.1, 0.15) is 6.42 Å². The smallest absolute Gasteiger partial charge is 0.324 e. The molecule has 0 spiro atoms. The Labute approximate surface area is 69.4 Å². The minimum absolute atomic E-state index is 0.0327. The second-order valence-electron chi connectivity index (χ2n) is 3.01. The molecule has 0 radical (unpaired) electrons. The normalized spacial score (nSPS) is 32.6. The number of nitrogens with two attached hydrogens (primary N) is 3. The van der Waals surface area contributed by atoms with Crippen molar-refractivity contribution in [3.05, 3.63) is 0 Å². The first-order valence-corrected chi connectivity index (χ1v) is 3.54. The van der Waals surface area contributed by atoms with E-state index in [1.807, 2.05) is 0 Å². The van der Waals surface area contributed by atoms with Gasteiger partial charge in [-0.1, -0.05) is 0 Å². The van der Waals surface area contributed by atoms with E-state index in [2.05, 4.69) is 4.99 Å². The van der Waals surface area contributed by atoms with Crippen LogP contribution < -0.4 is 17.2 Å². The third-order valence-corrected chi connectivity index (χ3v) is 2.04. The summed E-state index contributed by atoms with van der Waals surface area (Å²) in [5, 5.41) is 8.61. The van der Waals surface area contributed by atoms with Gasteiger partial charge in [-0.2, -0.15) is 0 Å². The zero-order valence-corrected chi connectivity index (χ0v) is 6.53. The van der Waals surface area contributed by atoms with Crippen LogP contribution in [0.4, 0.5) is 0 Å². The Bertz CT molecular complexity index is 236. The van der Waals surface area contributed by atoms with Gasteiger partial charge in [-0.15, -0.1) is 0 Å². The minimum Gasteiger partial charge on any atom is -0.480 e. The first-order valence-electron chi connectivity index (χ1n) is 3.54. The van der Waals surface area contributed by atoms with Gasteiger partial charge in [0.2, 0.25) is 0 Å². The standard InChI is InChI=1S/C6H12N4O2/c7-5(8)10-2-3-1-6(3,9)4(11)12/h3H,1-2,9H2,(H,11,12)(H4,7,8,10)/t3-,6-/m1/s1. The molecule has 0 unspecified atom stereocenters. The van der Waals surface area contributed by atoms with Crippen LogP contribution in [0.15, 0.2) is 4.99 Å². The maximum absolute atomic E-state index is 10.5. The maximum Gasteiger partial charge on any atom is 0.324 e. The summed E-state index contributed by atoms with van der Waals surface area (Å²) in [7, 11) is 0. The van der Waals surface area contributed by atoms with Gasteiger partial charge in [0.25, 0.3) is 0 Å². The van der Waals surface area contributed by atoms with Gasteiger partial charge in [-0.05, 0) is 6.42 Å². The topological polar surface area (TPSA) is 128 Å². The lowest BCUT2D eigenvalue weighted by atomic mass is 10.2. The van der Waals surface area contributed by atoms with Gasteiger partial charge in [-0.25, -0.2) is 0 Å². The number of hydrogen-bond acceptors (Lipinski definition) is 3. The van der Waals surface area contributed by atoms with E-state index >= 15 is 0 Å². The lowest BCUT2D eigenvalue weighted by Crippen LogP contribution is -2.36. The van der Waals surface area contributed by atoms with Crippen LogP contribution in [0, 0.1) is 5.92 Å². The van der Waals surface area contributed by atoms with Crippen molar-refractivity contribution in [1.82, 2.24) is 0 Å². The van der Waals surface area contributed by atoms with E-state index in [1.54, 1.807) is 0 Å². The van der Waals surface area contributed by atoms with Gasteiger partial charge in [-0.3, -0.25) is 9.79 Å². The van der Waals surface area contributed by atoms with Crippen LogP contribution in [-0.4, -0.2) is 29.1 Å². The van der Waals surface area contributed by atoms with Gasteiger partial charge < -0.3 is 22.3 Å². The molecule has 68 valence electrons. The number of aliphatic imine (C=N–C) groups is 1. The van der Waals surface area contributed by atoms with Crippen LogP contribution in [0.3, 0.4) is 0 Å². The third-order valence-electron chi connectivity index (χ3n) is 2.04. The van der Waals surface area contributed by atoms with Crippen molar-refractivity contribution in [2.75, 3.05) is 6.54 Å². The van der Waals surface area contributed by atoms with E-state index in [0.29, 0.717) is 13.0 Å². The fourth-order valence-electron chi connectivity index (χ4n) is 1.05. The molecule has 0 aliphatic heterocycles. The summed E-state index contributed by atoms with van der Waals surface area (Å²) in [4.78, 5) is 14.2. The average molecular weight is 172 g/mol. The molecule has 1 aliphatic rings. The molecule has 1 aliphatic carbocycles. The highest BCUT2D eigenvalue weighted by Crippen LogP contribution is 2.41. The molecule has 0 saturated heterocycles. The number of guanidine groups is 1. The third kappa shape index (κ3) is 1.48. The second kappa shape index (κ2) is 2.63. The molecule has 0 aromatic heterocycles. The van der Waals surface area contributed by atoms with Crippen LogP contribution in [0.25, 0.3) is 0 Å². The Balaban J connectivity index is 2.43. The molecule has 1 fully saturated rings. The highest BCUT2D eigenvalue weighted by Gasteiger charge is 2.57. The van der Waals surface area contributed by atoms with Crippen LogP contribution >= 0.6 is 0 Å². The van der Waals surface area contributed by atoms with Gasteiger partial charge in [0.1, 0.15) is 5.54 Å². The molecule has 7 N–H and O–H groups in total. The Morgan fingerprint density at radius 1 is 1.67 bits per heavy atom. The van der Waals surface area contributed by atoms with E-state index in [4.69, 9.17) is 22.3 Å². The minimum atomic E-state index is -1.10. The number of rotatable bonds is 3. The van der Waals surface area contributed by atoms with Crippen LogP contribution in [-0.2, 0) is 4.79 Å². The van der Waals surface area contributed by atoms with Crippen LogP contribution in [0.5, 0.6) is 0 Å². The summed E-state index contributed by atoms with van der Waals surface area (Å²) in [6.07, 6.45) is 0.444. The van der Waals surface area contributed by atoms with E-state index in [-0.39, 0.29) is 11.9 Å². The summed E-state index contributed by atoms with van der Waals surface area (Å²) in [6, 6.07) is 0. The van der Waals surface area contributed by atoms with E-state index in [9.17, 15) is 4.79 Å². The van der Waals surface area contributed by atoms with Crippen molar-refractivity contribution in [3.63, 3.8) is 0 Å². The van der Waals surface area contributed by atoms with Crippen molar-refractivity contribution in [1.29, 1.82) is 0 Å². The van der Waals surface area contributed by atoms with Gasteiger partial charge in [0, 0.05) is 12.5 Å². The number of aliphatic carboxylic acids is 1. The maximum atomic E-state index is 10.5. The molecular formula is C6H12N4O2. The molecule has 0 aromatic rings. The Kier molecular flexibility index (Phi) is 1.93. The molecule has 12 heavy (non-hydrogen) atoms. The fraction of sp³-hybridized carbons (Fsp3) is 0.667. The lowest BCUT2D eigenvalue weighted by molar-refractivity contribution is -0.140. The van der Waals surface area contributed by atoms with Crippen molar-refractivity contribution in [2.45, 2.75) is 12.0 Å². The van der Waals surface area contributed by atoms with E-state index in [1.165, 1.54) is 0 Å². The molecule has 1 rings (SSSR count). The molecule has 0 aromatic carbocycles. The molecule has 0 amide bonds. The van der Waals surface area contributed by atoms with Crippen molar-refractivity contribution >= 4 is 11.9 Å². The number of hydrogen-bond donors (Lipinski definition) is 4. The molecule has 6 heteroatoms. The quantitative estimate of drug-likeness (QED) is 0.291. The van der Waals surface area contributed by atoms with Gasteiger partial charge in [0.15, 0.2) is 5.96 Å². The number of carbonyl (C=O) groups is 1. The molecule has 1 saturated carbocycles. The van der Waals surface area contributed by atoms with E-state index in [0.717, 1.165) is 0 Å². The summed E-state index contributed by atoms with van der Waals surface area (Å²) in [6.45, 7) is 0.297. The highest BCUT2D eigenvalue weighted by atomic mass is 16.4. The predicted octanol–water partition coefficient (Wildman–Crippen LogP) is -1.94. The largest absolute Gasteiger partial charge is 0.480 e. The molecule has 0 heterocycles. The average Bonchev–Trinajstić information content (AvgIpc) is 2.59. The van der Waals surface area contributed by atoms with Gasteiger partial charge in [0.05, 0.1) is 0 Å². The monoisotopic (exact) mass is 172 g/mol. The number of nitrogens with zero attached hydrogens (tertiary/aromatic N) is 1. The van der Waals surface area contributed by atoms with Crippen molar-refractivity contribution < 1.29 is 9.90 Å². The lowest BCUT2D eigenvalue weighted by Gasteiger charge is -2.02. The summed E-state index contributed by atoms with van der Waals surface area (Å²) >= 11 is 0. The molecule has 2 atom stereocenters. The SMILES string of the molecule is NC(N)=NC[C@H]1C[C@]1(N)C(=O)O. The fourth-order valence-corrected chi connectivity index (χ4v) is 1.05. The summed E-state index contributed by atoms with van der Waals surface area (Å²) in [5.74, 6) is -1.15. The predicted molar refractivity (Wildman–Crippen MR) is 43.3 cm³/mol. The molecular weight excluding hydrogens is 160 g/mol. The van der Waals surface area contributed by atoms with Crippen LogP contribution in [0.2, 0.25) is 0 Å². The summed E-state index contributed by atoms with van der Waals surface area (Å²) in [5.41, 5.74) is 14.5. The molecule has 6 nitrogen and oxygen atoms in total. The first-order chi connectivity index (χ1) is 5.47. The first kappa shape index (κ1) is 8.79. The zero-order valence-electron chi connectivity index (χ0n) is 6.53. The summed E-state index contributed by atoms with van der Waals surface area (Å²) < 4.78 is 0. The second-order valence-corrected chi connectivity index (χ2v) is 3.01. The highest BCUT2D eigenvalue weighted by molar-refractivity contribution is 5.83.